The molecule has 0 saturated carbocycles. The van der Waals surface area contributed by atoms with E-state index in [9.17, 15) is 4.79 Å². The highest BCUT2D eigenvalue weighted by molar-refractivity contribution is 14.0. The van der Waals surface area contributed by atoms with Crippen molar-refractivity contribution < 1.29 is 9.53 Å². The molecule has 3 N–H and O–H groups in total. The minimum Gasteiger partial charge on any atom is -0.377 e. The average molecular weight is 462 g/mol. The van der Waals surface area contributed by atoms with E-state index in [1.807, 2.05) is 45.0 Å². The summed E-state index contributed by atoms with van der Waals surface area (Å²) in [6.07, 6.45) is 0.923. The lowest BCUT2D eigenvalue weighted by Gasteiger charge is -2.24. The van der Waals surface area contributed by atoms with Gasteiger partial charge in [-0.2, -0.15) is 0 Å². The fourth-order valence-electron chi connectivity index (χ4n) is 1.94. The summed E-state index contributed by atoms with van der Waals surface area (Å²) in [6.45, 7) is 7.96. The van der Waals surface area contributed by atoms with Gasteiger partial charge in [-0.05, 0) is 38.0 Å². The largest absolute Gasteiger partial charge is 0.377 e. The Kier molecular flexibility index (Phi) is 11.4. The fourth-order valence-corrected chi connectivity index (χ4v) is 1.94. The quantitative estimate of drug-likeness (QED) is 0.316. The van der Waals surface area contributed by atoms with E-state index in [0.717, 1.165) is 12.0 Å². The van der Waals surface area contributed by atoms with Crippen LogP contribution in [0.25, 0.3) is 0 Å². The highest BCUT2D eigenvalue weighted by Crippen LogP contribution is 2.06. The molecule has 1 aromatic carbocycles. The number of carbonyl (C=O) groups excluding carboxylic acids is 1. The summed E-state index contributed by atoms with van der Waals surface area (Å²) in [6, 6.07) is 7.59. The Balaban J connectivity index is 0.00000576. The van der Waals surface area contributed by atoms with Crippen molar-refractivity contribution in [3.05, 3.63) is 35.4 Å². The number of carbonyl (C=O) groups is 1. The number of amides is 1. The molecule has 0 heterocycles. The SMILES string of the molecule is CCCNC(=O)c1cccc(CNC(=NC)NCC(C)(C)OC)c1.I. The van der Waals surface area contributed by atoms with Crippen molar-refractivity contribution in [2.24, 2.45) is 4.99 Å². The maximum atomic E-state index is 12.0. The lowest BCUT2D eigenvalue weighted by molar-refractivity contribution is 0.0268. The molecule has 0 bridgehead atoms. The monoisotopic (exact) mass is 462 g/mol. The molecular weight excluding hydrogens is 431 g/mol. The third-order valence-corrected chi connectivity index (χ3v) is 3.64. The topological polar surface area (TPSA) is 74.8 Å². The summed E-state index contributed by atoms with van der Waals surface area (Å²) in [5.41, 5.74) is 1.42. The van der Waals surface area contributed by atoms with Crippen molar-refractivity contribution in [1.82, 2.24) is 16.0 Å². The maximum absolute atomic E-state index is 12.0. The number of nitrogens with one attached hydrogen (secondary N) is 3. The zero-order chi connectivity index (χ0) is 18.0. The van der Waals surface area contributed by atoms with Crippen LogP contribution >= 0.6 is 24.0 Å². The molecule has 1 aromatic rings. The molecule has 142 valence electrons. The van der Waals surface area contributed by atoms with E-state index in [-0.39, 0.29) is 35.5 Å². The van der Waals surface area contributed by atoms with Crippen molar-refractivity contribution in [3.63, 3.8) is 0 Å². The number of nitrogens with zero attached hydrogens (tertiary/aromatic N) is 1. The van der Waals surface area contributed by atoms with E-state index in [0.29, 0.717) is 31.2 Å². The van der Waals surface area contributed by atoms with E-state index >= 15 is 0 Å². The lowest BCUT2D eigenvalue weighted by Crippen LogP contribution is -2.45. The molecule has 1 amide bonds. The molecule has 0 fully saturated rings. The van der Waals surface area contributed by atoms with Gasteiger partial charge in [-0.3, -0.25) is 9.79 Å². The molecular formula is C18H31IN4O2. The van der Waals surface area contributed by atoms with Gasteiger partial charge in [-0.15, -0.1) is 24.0 Å². The second kappa shape index (κ2) is 12.1. The van der Waals surface area contributed by atoms with Crippen molar-refractivity contribution >= 4 is 35.8 Å². The Hall–Kier alpha value is -1.35. The number of guanidine groups is 1. The molecule has 0 unspecified atom stereocenters. The summed E-state index contributed by atoms with van der Waals surface area (Å²) in [7, 11) is 3.41. The second-order valence-corrected chi connectivity index (χ2v) is 6.20. The highest BCUT2D eigenvalue weighted by Gasteiger charge is 2.16. The predicted molar refractivity (Wildman–Crippen MR) is 114 cm³/mol. The lowest BCUT2D eigenvalue weighted by atomic mass is 10.1. The van der Waals surface area contributed by atoms with E-state index in [1.54, 1.807) is 14.2 Å². The number of rotatable bonds is 8. The van der Waals surface area contributed by atoms with Gasteiger partial charge in [0.1, 0.15) is 0 Å². The van der Waals surface area contributed by atoms with Crippen LogP contribution in [-0.4, -0.2) is 44.7 Å². The van der Waals surface area contributed by atoms with Crippen LogP contribution in [0.3, 0.4) is 0 Å². The summed E-state index contributed by atoms with van der Waals surface area (Å²) >= 11 is 0. The van der Waals surface area contributed by atoms with Gasteiger partial charge >= 0.3 is 0 Å². The summed E-state index contributed by atoms with van der Waals surface area (Å²) in [4.78, 5) is 16.2. The van der Waals surface area contributed by atoms with Gasteiger partial charge in [0.2, 0.25) is 0 Å². The number of benzene rings is 1. The van der Waals surface area contributed by atoms with Crippen LogP contribution in [0.5, 0.6) is 0 Å². The molecule has 0 radical (unpaired) electrons. The Bertz CT molecular complexity index is 562. The smallest absolute Gasteiger partial charge is 0.251 e. The number of aliphatic imine (C=N–C) groups is 1. The Morgan fingerprint density at radius 2 is 1.96 bits per heavy atom. The second-order valence-electron chi connectivity index (χ2n) is 6.20. The van der Waals surface area contributed by atoms with Crippen LogP contribution in [0, 0.1) is 0 Å². The molecule has 7 heteroatoms. The van der Waals surface area contributed by atoms with Gasteiger partial charge in [0, 0.05) is 39.4 Å². The Morgan fingerprint density at radius 3 is 2.56 bits per heavy atom. The third kappa shape index (κ3) is 9.06. The first-order valence-corrected chi connectivity index (χ1v) is 8.28. The third-order valence-electron chi connectivity index (χ3n) is 3.64. The van der Waals surface area contributed by atoms with Crippen molar-refractivity contribution in [3.8, 4) is 0 Å². The van der Waals surface area contributed by atoms with Gasteiger partial charge in [-0.25, -0.2) is 0 Å². The number of methoxy groups -OCH3 is 1. The van der Waals surface area contributed by atoms with Crippen molar-refractivity contribution in [2.45, 2.75) is 39.3 Å². The standard InChI is InChI=1S/C18H30N4O2.HI/c1-6-10-20-16(23)15-9-7-8-14(11-15)12-21-17(19-4)22-13-18(2,3)24-5;/h7-9,11H,6,10,12-13H2,1-5H3,(H,20,23)(H2,19,21,22);1H. The van der Waals surface area contributed by atoms with E-state index < -0.39 is 0 Å². The zero-order valence-electron chi connectivity index (χ0n) is 15.8. The molecule has 0 spiro atoms. The van der Waals surface area contributed by atoms with E-state index in [2.05, 4.69) is 20.9 Å². The molecule has 0 aliphatic carbocycles. The molecule has 0 atom stereocenters. The maximum Gasteiger partial charge on any atom is 0.251 e. The molecule has 25 heavy (non-hydrogen) atoms. The zero-order valence-corrected chi connectivity index (χ0v) is 18.1. The first-order valence-electron chi connectivity index (χ1n) is 8.28. The summed E-state index contributed by atoms with van der Waals surface area (Å²) in [5.74, 6) is 0.656. The summed E-state index contributed by atoms with van der Waals surface area (Å²) in [5, 5.41) is 9.36. The summed E-state index contributed by atoms with van der Waals surface area (Å²) < 4.78 is 5.38. The number of hydrogen-bond acceptors (Lipinski definition) is 3. The van der Waals surface area contributed by atoms with Crippen molar-refractivity contribution in [1.29, 1.82) is 0 Å². The molecule has 0 aromatic heterocycles. The van der Waals surface area contributed by atoms with Gasteiger partial charge < -0.3 is 20.7 Å². The van der Waals surface area contributed by atoms with Crippen molar-refractivity contribution in [2.75, 3.05) is 27.2 Å². The van der Waals surface area contributed by atoms with Crippen LogP contribution in [0.4, 0.5) is 0 Å². The number of ether oxygens (including phenoxy) is 1. The molecule has 1 rings (SSSR count). The first kappa shape index (κ1) is 23.6. The van der Waals surface area contributed by atoms with Crippen LogP contribution < -0.4 is 16.0 Å². The van der Waals surface area contributed by atoms with Crippen LogP contribution in [0.2, 0.25) is 0 Å². The number of hydrogen-bond donors (Lipinski definition) is 3. The predicted octanol–water partition coefficient (Wildman–Crippen LogP) is 2.53. The van der Waals surface area contributed by atoms with Gasteiger partial charge in [-0.1, -0.05) is 19.1 Å². The minimum atomic E-state index is -0.269. The van der Waals surface area contributed by atoms with E-state index in [4.69, 9.17) is 4.74 Å². The molecule has 6 nitrogen and oxygen atoms in total. The first-order chi connectivity index (χ1) is 11.4. The molecule has 0 aliphatic heterocycles. The normalized spacial score (nSPS) is 11.5. The fraction of sp³-hybridized carbons (Fsp3) is 0.556. The van der Waals surface area contributed by atoms with E-state index in [1.165, 1.54) is 0 Å². The van der Waals surface area contributed by atoms with Crippen LogP contribution in [0.15, 0.2) is 29.3 Å². The highest BCUT2D eigenvalue weighted by atomic mass is 127. The van der Waals surface area contributed by atoms with Gasteiger partial charge in [0.25, 0.3) is 5.91 Å². The Morgan fingerprint density at radius 1 is 1.24 bits per heavy atom. The number of halogens is 1. The minimum absolute atomic E-state index is 0. The van der Waals surface area contributed by atoms with Crippen LogP contribution in [-0.2, 0) is 11.3 Å². The molecule has 0 aliphatic rings. The van der Waals surface area contributed by atoms with Gasteiger partial charge in [0.15, 0.2) is 5.96 Å². The average Bonchev–Trinajstić information content (AvgIpc) is 2.60. The van der Waals surface area contributed by atoms with Crippen LogP contribution in [0.1, 0.15) is 43.1 Å². The Labute approximate surface area is 168 Å². The van der Waals surface area contributed by atoms with Gasteiger partial charge in [0.05, 0.1) is 5.60 Å². The molecule has 0 saturated heterocycles.